The lowest BCUT2D eigenvalue weighted by molar-refractivity contribution is -0.153. The molecule has 1 atom stereocenters. The van der Waals surface area contributed by atoms with Crippen LogP contribution < -0.4 is 20.5 Å². The van der Waals surface area contributed by atoms with Crippen LogP contribution in [-0.4, -0.2) is 38.2 Å². The van der Waals surface area contributed by atoms with Crippen molar-refractivity contribution < 1.29 is 28.6 Å². The third-order valence-electron chi connectivity index (χ3n) is 2.81. The van der Waals surface area contributed by atoms with E-state index in [0.717, 1.165) is 0 Å². The average molecular weight is 389 g/mol. The van der Waals surface area contributed by atoms with Gasteiger partial charge in [-0.15, -0.1) is 0 Å². The van der Waals surface area contributed by atoms with E-state index in [4.69, 9.17) is 19.9 Å². The Balaban J connectivity index is 2.78. The molecule has 0 fully saturated rings. The number of nitrogens with two attached hydrogens (primary N) is 1. The second-order valence-electron chi connectivity index (χ2n) is 4.46. The van der Waals surface area contributed by atoms with E-state index in [1.54, 1.807) is 12.1 Å². The van der Waals surface area contributed by atoms with Crippen molar-refractivity contribution in [1.82, 2.24) is 5.32 Å². The zero-order chi connectivity index (χ0) is 17.6. The quantitative estimate of drug-likeness (QED) is 0.705. The van der Waals surface area contributed by atoms with E-state index < -0.39 is 24.0 Å². The van der Waals surface area contributed by atoms with E-state index in [0.29, 0.717) is 21.5 Å². The molecule has 3 N–H and O–H groups in total. The van der Waals surface area contributed by atoms with Crippen LogP contribution >= 0.6 is 15.9 Å². The number of carbonyl (C=O) groups excluding carboxylic acids is 3. The Bertz CT molecular complexity index is 620. The fraction of sp³-hybridized carbons (Fsp3) is 0.357. The second kappa shape index (κ2) is 8.37. The molecule has 3 amide bonds. The molecule has 0 unspecified atom stereocenters. The standard InChI is InChI=1S/C14H17BrN2O6/c1-7(13(19)17-14(16)20)23-12(18)5-8-4-10(21-2)11(22-3)6-9(8)15/h4,6-7H,5H2,1-3H3,(H3,16,17,19,20)/t7-/m1/s1. The molecule has 1 rings (SSSR count). The Morgan fingerprint density at radius 1 is 1.22 bits per heavy atom. The maximum atomic E-state index is 11.9. The molecule has 0 aliphatic rings. The topological polar surface area (TPSA) is 117 Å². The second-order valence-corrected chi connectivity index (χ2v) is 5.32. The van der Waals surface area contributed by atoms with Crippen molar-refractivity contribution in [2.24, 2.45) is 5.73 Å². The number of imide groups is 1. The van der Waals surface area contributed by atoms with Gasteiger partial charge in [-0.05, 0) is 24.6 Å². The van der Waals surface area contributed by atoms with Crippen LogP contribution in [0.25, 0.3) is 0 Å². The summed E-state index contributed by atoms with van der Waals surface area (Å²) < 4.78 is 15.9. The number of benzene rings is 1. The van der Waals surface area contributed by atoms with Gasteiger partial charge in [0.1, 0.15) is 0 Å². The van der Waals surface area contributed by atoms with Gasteiger partial charge >= 0.3 is 12.0 Å². The number of methoxy groups -OCH3 is 2. The third-order valence-corrected chi connectivity index (χ3v) is 3.55. The lowest BCUT2D eigenvalue weighted by atomic mass is 10.1. The lowest BCUT2D eigenvalue weighted by Crippen LogP contribution is -2.42. The number of halogens is 1. The molecule has 0 aliphatic carbocycles. The summed E-state index contributed by atoms with van der Waals surface area (Å²) in [5, 5.41) is 1.83. The van der Waals surface area contributed by atoms with E-state index >= 15 is 0 Å². The Morgan fingerprint density at radius 3 is 2.30 bits per heavy atom. The summed E-state index contributed by atoms with van der Waals surface area (Å²) in [6.07, 6.45) is -1.25. The lowest BCUT2D eigenvalue weighted by Gasteiger charge is -2.14. The molecule has 0 saturated heterocycles. The van der Waals surface area contributed by atoms with E-state index in [2.05, 4.69) is 15.9 Å². The monoisotopic (exact) mass is 388 g/mol. The minimum absolute atomic E-state index is 0.102. The Morgan fingerprint density at radius 2 is 1.78 bits per heavy atom. The normalized spacial score (nSPS) is 11.3. The summed E-state index contributed by atoms with van der Waals surface area (Å²) in [4.78, 5) is 33.9. The van der Waals surface area contributed by atoms with Crippen LogP contribution in [0, 0.1) is 0 Å². The highest BCUT2D eigenvalue weighted by Crippen LogP contribution is 2.33. The Kier molecular flexibility index (Phi) is 6.83. The summed E-state index contributed by atoms with van der Waals surface area (Å²) in [6, 6.07) is 2.27. The fourth-order valence-electron chi connectivity index (χ4n) is 1.70. The van der Waals surface area contributed by atoms with Gasteiger partial charge in [-0.2, -0.15) is 0 Å². The van der Waals surface area contributed by atoms with E-state index in [1.807, 2.05) is 5.32 Å². The van der Waals surface area contributed by atoms with Gasteiger partial charge in [0.05, 0.1) is 20.6 Å². The van der Waals surface area contributed by atoms with Crippen LogP contribution in [0.5, 0.6) is 11.5 Å². The summed E-state index contributed by atoms with van der Waals surface area (Å²) in [7, 11) is 2.97. The molecular weight excluding hydrogens is 372 g/mol. The van der Waals surface area contributed by atoms with Gasteiger partial charge in [0.25, 0.3) is 5.91 Å². The molecule has 0 bridgehead atoms. The first-order valence-corrected chi connectivity index (χ1v) is 7.28. The number of nitrogens with one attached hydrogen (secondary N) is 1. The van der Waals surface area contributed by atoms with E-state index in [-0.39, 0.29) is 6.42 Å². The highest BCUT2D eigenvalue weighted by molar-refractivity contribution is 9.10. The van der Waals surface area contributed by atoms with Crippen LogP contribution in [0.4, 0.5) is 4.79 Å². The summed E-state index contributed by atoms with van der Waals surface area (Å²) in [5.74, 6) is -0.481. The minimum atomic E-state index is -1.14. The number of hydrogen-bond donors (Lipinski definition) is 2. The number of esters is 1. The predicted molar refractivity (Wildman–Crippen MR) is 84.2 cm³/mol. The van der Waals surface area contributed by atoms with Gasteiger partial charge < -0.3 is 19.9 Å². The van der Waals surface area contributed by atoms with Crippen molar-refractivity contribution in [2.45, 2.75) is 19.4 Å². The molecule has 126 valence electrons. The van der Waals surface area contributed by atoms with Gasteiger partial charge in [0, 0.05) is 4.47 Å². The number of hydrogen-bond acceptors (Lipinski definition) is 6. The largest absolute Gasteiger partial charge is 0.493 e. The van der Waals surface area contributed by atoms with Crippen molar-refractivity contribution in [2.75, 3.05) is 14.2 Å². The number of carbonyl (C=O) groups is 3. The van der Waals surface area contributed by atoms with E-state index in [9.17, 15) is 14.4 Å². The van der Waals surface area contributed by atoms with Crippen molar-refractivity contribution >= 4 is 33.8 Å². The summed E-state index contributed by atoms with van der Waals surface area (Å²) in [6.45, 7) is 1.33. The molecule has 8 nitrogen and oxygen atoms in total. The van der Waals surface area contributed by atoms with Crippen molar-refractivity contribution in [3.05, 3.63) is 22.2 Å². The van der Waals surface area contributed by atoms with Gasteiger partial charge in [-0.3, -0.25) is 14.9 Å². The van der Waals surface area contributed by atoms with Crippen LogP contribution in [-0.2, 0) is 20.7 Å². The van der Waals surface area contributed by atoms with Gasteiger partial charge in [0.15, 0.2) is 17.6 Å². The average Bonchev–Trinajstić information content (AvgIpc) is 2.47. The SMILES string of the molecule is COc1cc(Br)c(CC(=O)O[C@H](C)C(=O)NC(N)=O)cc1OC. The first kappa shape index (κ1) is 18.8. The van der Waals surface area contributed by atoms with E-state index in [1.165, 1.54) is 21.1 Å². The Hall–Kier alpha value is -2.29. The van der Waals surface area contributed by atoms with Crippen molar-refractivity contribution in [3.63, 3.8) is 0 Å². The molecule has 1 aromatic carbocycles. The van der Waals surface area contributed by atoms with Gasteiger partial charge in [-0.1, -0.05) is 15.9 Å². The maximum absolute atomic E-state index is 11.9. The number of rotatable bonds is 6. The molecular formula is C14H17BrN2O6. The number of urea groups is 1. The molecule has 0 spiro atoms. The number of amides is 3. The molecule has 1 aromatic rings. The minimum Gasteiger partial charge on any atom is -0.493 e. The highest BCUT2D eigenvalue weighted by Gasteiger charge is 2.20. The highest BCUT2D eigenvalue weighted by atomic mass is 79.9. The molecule has 0 saturated carbocycles. The van der Waals surface area contributed by atoms with Crippen LogP contribution in [0.15, 0.2) is 16.6 Å². The first-order chi connectivity index (χ1) is 10.8. The molecule has 23 heavy (non-hydrogen) atoms. The zero-order valence-electron chi connectivity index (χ0n) is 12.8. The summed E-state index contributed by atoms with van der Waals surface area (Å²) in [5.41, 5.74) is 5.41. The van der Waals surface area contributed by atoms with Crippen LogP contribution in [0.3, 0.4) is 0 Å². The smallest absolute Gasteiger partial charge is 0.318 e. The fourth-order valence-corrected chi connectivity index (χ4v) is 2.17. The van der Waals surface area contributed by atoms with Crippen LogP contribution in [0.2, 0.25) is 0 Å². The molecule has 9 heteroatoms. The summed E-state index contributed by atoms with van der Waals surface area (Å²) >= 11 is 3.32. The molecule has 0 aliphatic heterocycles. The Labute approximate surface area is 141 Å². The van der Waals surface area contributed by atoms with Crippen LogP contribution in [0.1, 0.15) is 12.5 Å². The number of ether oxygens (including phenoxy) is 3. The van der Waals surface area contributed by atoms with Crippen molar-refractivity contribution in [1.29, 1.82) is 0 Å². The molecule has 0 radical (unpaired) electrons. The maximum Gasteiger partial charge on any atom is 0.318 e. The third kappa shape index (κ3) is 5.44. The first-order valence-electron chi connectivity index (χ1n) is 6.48. The predicted octanol–water partition coefficient (Wildman–Crippen LogP) is 1.14. The molecule has 0 aromatic heterocycles. The van der Waals surface area contributed by atoms with Crippen molar-refractivity contribution in [3.8, 4) is 11.5 Å². The molecule has 0 heterocycles. The van der Waals surface area contributed by atoms with Gasteiger partial charge in [0.2, 0.25) is 0 Å². The number of primary amides is 1. The van der Waals surface area contributed by atoms with Gasteiger partial charge in [-0.25, -0.2) is 4.79 Å². The zero-order valence-corrected chi connectivity index (χ0v) is 14.4.